The molecule has 2 rings (SSSR count). The Morgan fingerprint density at radius 2 is 1.48 bits per heavy atom. The second-order valence-corrected chi connectivity index (χ2v) is 7.07. The molecule has 1 atom stereocenters. The number of rotatable bonds is 6. The Morgan fingerprint density at radius 3 is 1.81 bits per heavy atom. The van der Waals surface area contributed by atoms with Gasteiger partial charge in [-0.3, -0.25) is 4.79 Å². The summed E-state index contributed by atoms with van der Waals surface area (Å²) in [7, 11) is -1.18. The van der Waals surface area contributed by atoms with E-state index in [0.29, 0.717) is 0 Å². The first-order valence-electron chi connectivity index (χ1n) is 6.35. The predicted molar refractivity (Wildman–Crippen MR) is 86.8 cm³/mol. The highest BCUT2D eigenvalue weighted by molar-refractivity contribution is 7.80. The van der Waals surface area contributed by atoms with Gasteiger partial charge in [0, 0.05) is 8.07 Å². The van der Waals surface area contributed by atoms with Crippen LogP contribution in [0, 0.1) is 0 Å². The first-order valence-corrected chi connectivity index (χ1v) is 8.01. The van der Waals surface area contributed by atoms with E-state index in [-0.39, 0.29) is 0 Å². The number of benzene rings is 2. The highest BCUT2D eigenvalue weighted by Gasteiger charge is 2.25. The van der Waals surface area contributed by atoms with Crippen LogP contribution in [0.1, 0.15) is 0 Å². The van der Waals surface area contributed by atoms with Gasteiger partial charge in [-0.25, -0.2) is 0 Å². The second kappa shape index (κ2) is 7.57. The number of hydrogen-bond donors (Lipinski definition) is 2. The van der Waals surface area contributed by atoms with Gasteiger partial charge in [0.2, 0.25) is 0 Å². The van der Waals surface area contributed by atoms with Crippen molar-refractivity contribution in [3.63, 3.8) is 0 Å². The Bertz CT molecular complexity index is 542. The van der Waals surface area contributed by atoms with Gasteiger partial charge in [0.15, 0.2) is 0 Å². The molecular formula is C15H15NO3PS-. The average Bonchev–Trinajstić information content (AvgIpc) is 2.50. The molecule has 21 heavy (non-hydrogen) atoms. The highest BCUT2D eigenvalue weighted by atomic mass is 32.1. The monoisotopic (exact) mass is 320 g/mol. The van der Waals surface area contributed by atoms with E-state index in [1.165, 1.54) is 4.08 Å². The Morgan fingerprint density at radius 1 is 1.05 bits per heavy atom. The second-order valence-electron chi connectivity index (χ2n) is 4.32. The summed E-state index contributed by atoms with van der Waals surface area (Å²) in [5, 5.41) is 20.5. The topological polar surface area (TPSA) is 60.8 Å². The van der Waals surface area contributed by atoms with Crippen molar-refractivity contribution in [1.29, 1.82) is 0 Å². The van der Waals surface area contributed by atoms with Gasteiger partial charge in [-0.05, 0) is 10.6 Å². The number of aliphatic carboxylic acids is 1. The number of aliphatic hydroxyl groups is 1. The van der Waals surface area contributed by atoms with Crippen LogP contribution in [-0.4, -0.2) is 32.9 Å². The summed E-state index contributed by atoms with van der Waals surface area (Å²) in [6.07, 6.45) is 0. The molecule has 0 bridgehead atoms. The van der Waals surface area contributed by atoms with Crippen LogP contribution in [0.3, 0.4) is 0 Å². The van der Waals surface area contributed by atoms with E-state index in [9.17, 15) is 15.0 Å². The molecule has 0 unspecified atom stereocenters. The largest absolute Gasteiger partial charge is 0.696 e. The van der Waals surface area contributed by atoms with Gasteiger partial charge in [-0.2, -0.15) is 0 Å². The van der Waals surface area contributed by atoms with Crippen LogP contribution in [0.15, 0.2) is 60.7 Å². The zero-order valence-corrected chi connectivity index (χ0v) is 12.9. The molecule has 0 aliphatic heterocycles. The van der Waals surface area contributed by atoms with Crippen molar-refractivity contribution in [2.75, 3.05) is 6.61 Å². The van der Waals surface area contributed by atoms with E-state index in [2.05, 4.69) is 0 Å². The van der Waals surface area contributed by atoms with E-state index in [0.717, 1.165) is 10.6 Å². The van der Waals surface area contributed by atoms with Crippen LogP contribution >= 0.6 is 8.07 Å². The Hall–Kier alpha value is -1.39. The number of aliphatic hydroxyl groups excluding tert-OH is 1. The average molecular weight is 320 g/mol. The molecule has 2 N–H and O–H groups in total. The molecule has 0 fully saturated rings. The summed E-state index contributed by atoms with van der Waals surface area (Å²) in [5.74, 6) is -1.12. The van der Waals surface area contributed by atoms with Gasteiger partial charge >= 0.3 is 5.97 Å². The Kier molecular flexibility index (Phi) is 5.76. The molecular weight excluding hydrogens is 305 g/mol. The van der Waals surface area contributed by atoms with Crippen LogP contribution in [0.25, 0.3) is 0 Å². The minimum Gasteiger partial charge on any atom is -0.696 e. The maximum atomic E-state index is 11.3. The predicted octanol–water partition coefficient (Wildman–Crippen LogP) is 1.24. The van der Waals surface area contributed by atoms with E-state index in [1.807, 2.05) is 60.7 Å². The summed E-state index contributed by atoms with van der Waals surface area (Å²) >= 11 is 5.34. The van der Waals surface area contributed by atoms with Gasteiger partial charge in [-0.15, -0.1) is 0 Å². The molecule has 0 aliphatic rings. The SMILES string of the molecule is O=C(O)[C@H](CO)N([S-])P(c1ccccc1)c1ccccc1. The van der Waals surface area contributed by atoms with Crippen molar-refractivity contribution in [2.45, 2.75) is 6.04 Å². The fraction of sp³-hybridized carbons (Fsp3) is 0.133. The standard InChI is InChI=1S/C15H15NO3PS/c17-11-14(15(18)19)16(21)20(12-7-3-1-4-8-12)13-9-5-2-6-10-13/h1-10,14,17H,11H2,(H,18,19)/q-1/t14-/m0/s1. The summed E-state index contributed by atoms with van der Waals surface area (Å²) in [4.78, 5) is 11.3. The van der Waals surface area contributed by atoms with Crippen molar-refractivity contribution in [2.24, 2.45) is 0 Å². The summed E-state index contributed by atoms with van der Waals surface area (Å²) in [5.41, 5.74) is 0. The minimum absolute atomic E-state index is 0.517. The van der Waals surface area contributed by atoms with E-state index >= 15 is 0 Å². The van der Waals surface area contributed by atoms with Crippen molar-refractivity contribution in [3.05, 3.63) is 60.7 Å². The fourth-order valence-corrected chi connectivity index (χ4v) is 4.73. The number of hydrogen-bond acceptors (Lipinski definition) is 4. The molecule has 2 aromatic rings. The zero-order chi connectivity index (χ0) is 15.2. The van der Waals surface area contributed by atoms with Crippen LogP contribution < -0.4 is 10.6 Å². The molecule has 2 aromatic carbocycles. The molecule has 0 aliphatic carbocycles. The molecule has 6 heteroatoms. The maximum Gasteiger partial charge on any atom is 0.321 e. The van der Waals surface area contributed by atoms with Gasteiger partial charge in [0.25, 0.3) is 0 Å². The lowest BCUT2D eigenvalue weighted by Gasteiger charge is -2.42. The molecule has 0 aromatic heterocycles. The quantitative estimate of drug-likeness (QED) is 0.619. The van der Waals surface area contributed by atoms with Gasteiger partial charge in [0.1, 0.15) is 6.04 Å². The van der Waals surface area contributed by atoms with Crippen molar-refractivity contribution < 1.29 is 15.0 Å². The van der Waals surface area contributed by atoms with Gasteiger partial charge < -0.3 is 27.1 Å². The van der Waals surface area contributed by atoms with Crippen LogP contribution in [-0.2, 0) is 17.6 Å². The van der Waals surface area contributed by atoms with Crippen molar-refractivity contribution in [3.8, 4) is 0 Å². The maximum absolute atomic E-state index is 11.3. The highest BCUT2D eigenvalue weighted by Crippen LogP contribution is 2.38. The molecule has 4 nitrogen and oxygen atoms in total. The number of nitrogens with zero attached hydrogens (tertiary/aromatic N) is 1. The number of carbonyl (C=O) groups is 1. The molecule has 0 saturated heterocycles. The fourth-order valence-electron chi connectivity index (χ4n) is 1.90. The minimum atomic E-state index is -1.18. The molecule has 110 valence electrons. The molecule has 0 heterocycles. The van der Waals surface area contributed by atoms with Gasteiger partial charge in [-0.1, -0.05) is 60.7 Å². The summed E-state index contributed by atoms with van der Waals surface area (Å²) in [6, 6.07) is 18.0. The lowest BCUT2D eigenvalue weighted by Crippen LogP contribution is -2.41. The van der Waals surface area contributed by atoms with Crippen LogP contribution in [0.5, 0.6) is 0 Å². The lowest BCUT2D eigenvalue weighted by molar-refractivity contribution is -0.141. The van der Waals surface area contributed by atoms with Gasteiger partial charge in [0.05, 0.1) is 6.61 Å². The van der Waals surface area contributed by atoms with Crippen molar-refractivity contribution >= 4 is 37.5 Å². The van der Waals surface area contributed by atoms with E-state index in [1.54, 1.807) is 0 Å². The lowest BCUT2D eigenvalue weighted by atomic mass is 10.3. The molecule has 0 saturated carbocycles. The Balaban J connectivity index is 2.44. The third-order valence-corrected chi connectivity index (χ3v) is 5.92. The van der Waals surface area contributed by atoms with Crippen molar-refractivity contribution in [1.82, 2.24) is 4.08 Å². The third kappa shape index (κ3) is 3.83. The zero-order valence-electron chi connectivity index (χ0n) is 11.2. The molecule has 0 radical (unpaired) electrons. The van der Waals surface area contributed by atoms with Crippen LogP contribution in [0.4, 0.5) is 0 Å². The first-order chi connectivity index (χ1) is 10.1. The summed E-state index contributed by atoms with van der Waals surface area (Å²) in [6.45, 7) is -0.517. The normalized spacial score (nSPS) is 12.6. The van der Waals surface area contributed by atoms with E-state index < -0.39 is 26.7 Å². The third-order valence-electron chi connectivity index (χ3n) is 2.92. The molecule has 0 amide bonds. The molecule has 0 spiro atoms. The number of carboxylic acid groups (broad SMARTS) is 1. The van der Waals surface area contributed by atoms with Crippen LogP contribution in [0.2, 0.25) is 0 Å². The first kappa shape index (κ1) is 16.0. The van der Waals surface area contributed by atoms with E-state index in [4.69, 9.17) is 12.8 Å². The summed E-state index contributed by atoms with van der Waals surface area (Å²) < 4.78 is 1.34. The Labute approximate surface area is 130 Å². The number of carboxylic acids is 1. The smallest absolute Gasteiger partial charge is 0.321 e.